The summed E-state index contributed by atoms with van der Waals surface area (Å²) < 4.78 is 0. The van der Waals surface area contributed by atoms with E-state index in [9.17, 15) is 14.7 Å². The van der Waals surface area contributed by atoms with Crippen LogP contribution >= 0.6 is 0 Å². The highest BCUT2D eigenvalue weighted by molar-refractivity contribution is 5.87. The van der Waals surface area contributed by atoms with Crippen molar-refractivity contribution in [3.63, 3.8) is 0 Å². The number of carboxylic acid groups (broad SMARTS) is 1. The molecule has 2 unspecified atom stereocenters. The average molecular weight is 266 g/mol. The molecule has 19 heavy (non-hydrogen) atoms. The molecular weight excluding hydrogens is 248 g/mol. The summed E-state index contributed by atoms with van der Waals surface area (Å²) in [7, 11) is 0. The van der Waals surface area contributed by atoms with Gasteiger partial charge in [0.2, 0.25) is 5.91 Å². The maximum atomic E-state index is 12.2. The number of nitrogens with zero attached hydrogens (tertiary/aromatic N) is 1. The number of carboxylic acids is 1. The van der Waals surface area contributed by atoms with Gasteiger partial charge in [-0.3, -0.25) is 4.79 Å². The molecule has 0 saturated carbocycles. The topological polar surface area (TPSA) is 107 Å². The van der Waals surface area contributed by atoms with Crippen LogP contribution in [-0.2, 0) is 16.0 Å². The quantitative estimate of drug-likeness (QED) is 0.576. The normalized spacial score (nSPS) is 24.1. The summed E-state index contributed by atoms with van der Waals surface area (Å²) in [6, 6.07) is -0.939. The highest BCUT2D eigenvalue weighted by Gasteiger charge is 2.38. The predicted molar refractivity (Wildman–Crippen MR) is 67.5 cm³/mol. The second kappa shape index (κ2) is 5.40. The van der Waals surface area contributed by atoms with Gasteiger partial charge >= 0.3 is 5.97 Å². The summed E-state index contributed by atoms with van der Waals surface area (Å²) in [5.74, 6) is -1.26. The van der Waals surface area contributed by atoms with Gasteiger partial charge in [-0.25, -0.2) is 9.78 Å². The van der Waals surface area contributed by atoms with Crippen LogP contribution in [0.3, 0.4) is 0 Å². The van der Waals surface area contributed by atoms with Crippen molar-refractivity contribution < 1.29 is 14.7 Å². The molecule has 0 aromatic carbocycles. The molecule has 1 aliphatic rings. The van der Waals surface area contributed by atoms with Crippen molar-refractivity contribution in [1.82, 2.24) is 20.6 Å². The summed E-state index contributed by atoms with van der Waals surface area (Å²) in [5, 5.41) is 14.9. The van der Waals surface area contributed by atoms with Gasteiger partial charge in [0.1, 0.15) is 6.04 Å². The van der Waals surface area contributed by atoms with Gasteiger partial charge in [-0.2, -0.15) is 0 Å². The van der Waals surface area contributed by atoms with Crippen molar-refractivity contribution >= 4 is 11.9 Å². The number of nitrogens with one attached hydrogen (secondary N) is 3. The van der Waals surface area contributed by atoms with E-state index in [1.165, 1.54) is 6.33 Å². The maximum Gasteiger partial charge on any atom is 0.326 e. The molecule has 1 aromatic rings. The van der Waals surface area contributed by atoms with Gasteiger partial charge in [-0.15, -0.1) is 0 Å². The molecule has 2 rings (SSSR count). The van der Waals surface area contributed by atoms with Crippen LogP contribution in [-0.4, -0.2) is 46.1 Å². The fourth-order valence-corrected chi connectivity index (χ4v) is 2.16. The minimum Gasteiger partial charge on any atom is -0.480 e. The van der Waals surface area contributed by atoms with Gasteiger partial charge in [0.25, 0.3) is 0 Å². The van der Waals surface area contributed by atoms with E-state index in [4.69, 9.17) is 0 Å². The zero-order chi connectivity index (χ0) is 13.9. The third-order valence-electron chi connectivity index (χ3n) is 3.50. The van der Waals surface area contributed by atoms with Crippen molar-refractivity contribution in [1.29, 1.82) is 0 Å². The fraction of sp³-hybridized carbons (Fsp3) is 0.583. The Balaban J connectivity index is 2.00. The molecule has 0 radical (unpaired) electrons. The molecule has 7 heteroatoms. The standard InChI is InChI=1S/C12H18N4O3/c1-12(2-3-13-6-12)11(19)16-9(10(17)18)4-8-5-14-7-15-8/h5,7,9,13H,2-4,6H2,1H3,(H,14,15)(H,16,19)(H,17,18). The lowest BCUT2D eigenvalue weighted by atomic mass is 9.88. The Morgan fingerprint density at radius 1 is 1.63 bits per heavy atom. The second-order valence-electron chi connectivity index (χ2n) is 5.13. The average Bonchev–Trinajstić information content (AvgIpc) is 3.00. The summed E-state index contributed by atoms with van der Waals surface area (Å²) in [6.07, 6.45) is 3.96. The van der Waals surface area contributed by atoms with Gasteiger partial charge in [0, 0.05) is 24.9 Å². The minimum atomic E-state index is -1.04. The van der Waals surface area contributed by atoms with Crippen LogP contribution in [0.15, 0.2) is 12.5 Å². The smallest absolute Gasteiger partial charge is 0.326 e. The van der Waals surface area contributed by atoms with Crippen molar-refractivity contribution in [2.45, 2.75) is 25.8 Å². The number of carbonyl (C=O) groups excluding carboxylic acids is 1. The third kappa shape index (κ3) is 3.11. The number of imidazole rings is 1. The molecule has 2 heterocycles. The first-order chi connectivity index (χ1) is 9.01. The van der Waals surface area contributed by atoms with Crippen molar-refractivity contribution in [3.05, 3.63) is 18.2 Å². The molecular formula is C12H18N4O3. The Morgan fingerprint density at radius 3 is 2.95 bits per heavy atom. The third-order valence-corrected chi connectivity index (χ3v) is 3.50. The van der Waals surface area contributed by atoms with Crippen molar-refractivity contribution in [2.75, 3.05) is 13.1 Å². The summed E-state index contributed by atoms with van der Waals surface area (Å²) >= 11 is 0. The van der Waals surface area contributed by atoms with Crippen LogP contribution in [0.25, 0.3) is 0 Å². The van der Waals surface area contributed by atoms with Crippen molar-refractivity contribution in [2.24, 2.45) is 5.41 Å². The number of hydrogen-bond acceptors (Lipinski definition) is 4. The van der Waals surface area contributed by atoms with Crippen LogP contribution in [0, 0.1) is 5.41 Å². The van der Waals surface area contributed by atoms with Gasteiger partial charge in [0.15, 0.2) is 0 Å². The number of aromatic amines is 1. The van der Waals surface area contributed by atoms with E-state index in [1.54, 1.807) is 6.20 Å². The molecule has 1 amide bonds. The molecule has 0 bridgehead atoms. The molecule has 7 nitrogen and oxygen atoms in total. The minimum absolute atomic E-state index is 0.199. The molecule has 0 aliphatic carbocycles. The number of H-pyrrole nitrogens is 1. The summed E-state index contributed by atoms with van der Waals surface area (Å²) in [6.45, 7) is 3.20. The Kier molecular flexibility index (Phi) is 3.84. The second-order valence-corrected chi connectivity index (χ2v) is 5.13. The van der Waals surface area contributed by atoms with E-state index < -0.39 is 17.4 Å². The van der Waals surface area contributed by atoms with E-state index in [0.29, 0.717) is 12.2 Å². The zero-order valence-electron chi connectivity index (χ0n) is 10.8. The molecule has 0 spiro atoms. The van der Waals surface area contributed by atoms with Gasteiger partial charge < -0.3 is 20.7 Å². The molecule has 2 atom stereocenters. The predicted octanol–water partition coefficient (Wildman–Crippen LogP) is -0.479. The van der Waals surface area contributed by atoms with Crippen LogP contribution < -0.4 is 10.6 Å². The van der Waals surface area contributed by atoms with E-state index in [0.717, 1.165) is 13.0 Å². The lowest BCUT2D eigenvalue weighted by Crippen LogP contribution is -2.49. The van der Waals surface area contributed by atoms with E-state index in [1.807, 2.05) is 6.92 Å². The maximum absolute atomic E-state index is 12.2. The Morgan fingerprint density at radius 2 is 2.42 bits per heavy atom. The number of amides is 1. The molecule has 1 aliphatic heterocycles. The van der Waals surface area contributed by atoms with Gasteiger partial charge in [-0.1, -0.05) is 0 Å². The largest absolute Gasteiger partial charge is 0.480 e. The first kappa shape index (κ1) is 13.5. The van der Waals surface area contributed by atoms with Gasteiger partial charge in [0.05, 0.1) is 11.7 Å². The van der Waals surface area contributed by atoms with E-state index in [-0.39, 0.29) is 12.3 Å². The highest BCUT2D eigenvalue weighted by atomic mass is 16.4. The number of hydrogen-bond donors (Lipinski definition) is 4. The molecule has 1 aromatic heterocycles. The molecule has 1 saturated heterocycles. The van der Waals surface area contributed by atoms with Gasteiger partial charge in [-0.05, 0) is 19.9 Å². The van der Waals surface area contributed by atoms with Crippen molar-refractivity contribution in [3.8, 4) is 0 Å². The van der Waals surface area contributed by atoms with Crippen LogP contribution in [0.4, 0.5) is 0 Å². The van der Waals surface area contributed by atoms with E-state index in [2.05, 4.69) is 20.6 Å². The Labute approximate surface area is 110 Å². The Hall–Kier alpha value is -1.89. The first-order valence-corrected chi connectivity index (χ1v) is 6.23. The zero-order valence-corrected chi connectivity index (χ0v) is 10.8. The summed E-state index contributed by atoms with van der Waals surface area (Å²) in [4.78, 5) is 30.1. The van der Waals surface area contributed by atoms with E-state index >= 15 is 0 Å². The number of aromatic nitrogens is 2. The summed E-state index contributed by atoms with van der Waals surface area (Å²) in [5.41, 5.74) is 0.157. The lowest BCUT2D eigenvalue weighted by Gasteiger charge is -2.24. The Bertz CT molecular complexity index is 452. The molecule has 4 N–H and O–H groups in total. The monoisotopic (exact) mass is 266 g/mol. The number of rotatable bonds is 5. The fourth-order valence-electron chi connectivity index (χ4n) is 2.16. The number of aliphatic carboxylic acids is 1. The molecule has 104 valence electrons. The van der Waals surface area contributed by atoms with Crippen LogP contribution in [0.1, 0.15) is 19.0 Å². The molecule has 1 fully saturated rings. The van der Waals surface area contributed by atoms with Crippen LogP contribution in [0.5, 0.6) is 0 Å². The lowest BCUT2D eigenvalue weighted by molar-refractivity contribution is -0.143. The first-order valence-electron chi connectivity index (χ1n) is 6.23. The van der Waals surface area contributed by atoms with Crippen LogP contribution in [0.2, 0.25) is 0 Å². The number of carbonyl (C=O) groups is 2. The highest BCUT2D eigenvalue weighted by Crippen LogP contribution is 2.24. The SMILES string of the molecule is CC1(C(=O)NC(Cc2cnc[nH]2)C(=O)O)CCNC1.